The van der Waals surface area contributed by atoms with E-state index in [4.69, 9.17) is 0 Å². The summed E-state index contributed by atoms with van der Waals surface area (Å²) in [6.07, 6.45) is 9.35. The van der Waals surface area contributed by atoms with E-state index < -0.39 is 0 Å². The van der Waals surface area contributed by atoms with Crippen LogP contribution in [0.2, 0.25) is 0 Å². The van der Waals surface area contributed by atoms with Gasteiger partial charge in [-0.05, 0) is 25.0 Å². The summed E-state index contributed by atoms with van der Waals surface area (Å²) < 4.78 is 0. The Labute approximate surface area is 82.2 Å². The maximum atomic E-state index is 3.84. The van der Waals surface area contributed by atoms with E-state index in [1.807, 2.05) is 0 Å². The lowest BCUT2D eigenvalue weighted by molar-refractivity contribution is 0.594. The van der Waals surface area contributed by atoms with Gasteiger partial charge in [0, 0.05) is 12.1 Å². The largest absolute Gasteiger partial charge is 0.366 e. The van der Waals surface area contributed by atoms with Crippen LogP contribution < -0.4 is 5.32 Å². The third-order valence-corrected chi connectivity index (χ3v) is 1.75. The number of allylic oxidation sites excluding steroid dienone is 2. The van der Waals surface area contributed by atoms with Crippen LogP contribution in [0.15, 0.2) is 37.2 Å². The predicted octanol–water partition coefficient (Wildman–Crippen LogP) is 3.62. The van der Waals surface area contributed by atoms with Crippen molar-refractivity contribution < 1.29 is 0 Å². The Hall–Kier alpha value is -0.980. The summed E-state index contributed by atoms with van der Waals surface area (Å²) in [5.74, 6) is 0.791. The normalized spacial score (nSPS) is 10.7. The zero-order valence-corrected chi connectivity index (χ0v) is 8.84. The number of hydrogen-bond donors (Lipinski definition) is 1. The predicted molar refractivity (Wildman–Crippen MR) is 60.3 cm³/mol. The molecule has 0 amide bonds. The van der Waals surface area contributed by atoms with Crippen molar-refractivity contribution in [1.82, 2.24) is 5.32 Å². The highest BCUT2D eigenvalue weighted by molar-refractivity contribution is 5.02. The van der Waals surface area contributed by atoms with Crippen LogP contribution in [0.3, 0.4) is 0 Å². The van der Waals surface area contributed by atoms with E-state index in [1.165, 1.54) is 12.8 Å². The van der Waals surface area contributed by atoms with E-state index >= 15 is 0 Å². The summed E-state index contributed by atoms with van der Waals surface area (Å²) in [5, 5.41) is 2.96. The highest BCUT2D eigenvalue weighted by atomic mass is 14.8. The van der Waals surface area contributed by atoms with Crippen LogP contribution in [-0.4, -0.2) is 0 Å². The zero-order chi connectivity index (χ0) is 10.1. The van der Waals surface area contributed by atoms with Gasteiger partial charge in [-0.3, -0.25) is 0 Å². The Morgan fingerprint density at radius 3 is 2.62 bits per heavy atom. The Morgan fingerprint density at radius 2 is 2.08 bits per heavy atom. The highest BCUT2D eigenvalue weighted by Crippen LogP contribution is 2.04. The van der Waals surface area contributed by atoms with Gasteiger partial charge in [0.2, 0.25) is 0 Å². The molecule has 0 aromatic heterocycles. The minimum atomic E-state index is 0.791. The molecular weight excluding hydrogens is 158 g/mol. The molecule has 0 aliphatic rings. The van der Waals surface area contributed by atoms with E-state index in [9.17, 15) is 0 Å². The molecule has 0 saturated heterocycles. The van der Waals surface area contributed by atoms with Gasteiger partial charge in [0.1, 0.15) is 0 Å². The lowest BCUT2D eigenvalue weighted by atomic mass is 10.1. The van der Waals surface area contributed by atoms with Gasteiger partial charge in [-0.15, -0.1) is 0 Å². The van der Waals surface area contributed by atoms with Crippen LogP contribution in [-0.2, 0) is 0 Å². The Kier molecular flexibility index (Phi) is 7.08. The van der Waals surface area contributed by atoms with Crippen molar-refractivity contribution in [2.24, 2.45) is 5.92 Å². The second-order valence-corrected chi connectivity index (χ2v) is 3.60. The van der Waals surface area contributed by atoms with Crippen molar-refractivity contribution in [2.45, 2.75) is 33.1 Å². The molecule has 0 radical (unpaired) electrons. The van der Waals surface area contributed by atoms with E-state index in [0.717, 1.165) is 18.0 Å². The molecule has 1 heteroatoms. The minimum Gasteiger partial charge on any atom is -0.366 e. The number of nitrogens with one attached hydrogen (secondary N) is 1. The van der Waals surface area contributed by atoms with Gasteiger partial charge < -0.3 is 5.32 Å². The average molecular weight is 179 g/mol. The highest BCUT2D eigenvalue weighted by Gasteiger charge is 1.89. The van der Waals surface area contributed by atoms with Crippen LogP contribution >= 0.6 is 0 Å². The number of rotatable bonds is 7. The van der Waals surface area contributed by atoms with Gasteiger partial charge in [0.25, 0.3) is 0 Å². The van der Waals surface area contributed by atoms with Crippen molar-refractivity contribution in [2.75, 3.05) is 0 Å². The summed E-state index contributed by atoms with van der Waals surface area (Å²) in [5.41, 5.74) is 0.996. The van der Waals surface area contributed by atoms with Crippen molar-refractivity contribution in [3.05, 3.63) is 37.2 Å². The second kappa shape index (κ2) is 7.66. The van der Waals surface area contributed by atoms with Crippen molar-refractivity contribution in [3.63, 3.8) is 0 Å². The molecular formula is C12H21N. The monoisotopic (exact) mass is 179 g/mol. The van der Waals surface area contributed by atoms with Crippen LogP contribution in [0, 0.1) is 5.92 Å². The van der Waals surface area contributed by atoms with Crippen LogP contribution in [0.4, 0.5) is 0 Å². The molecule has 0 aromatic carbocycles. The summed E-state index contributed by atoms with van der Waals surface area (Å²) in [4.78, 5) is 0. The van der Waals surface area contributed by atoms with Gasteiger partial charge in [-0.2, -0.15) is 0 Å². The topological polar surface area (TPSA) is 12.0 Å². The maximum absolute atomic E-state index is 3.84. The molecule has 74 valence electrons. The summed E-state index contributed by atoms with van der Waals surface area (Å²) in [6, 6.07) is 0. The fourth-order valence-corrected chi connectivity index (χ4v) is 0.976. The minimum absolute atomic E-state index is 0.791. The molecule has 0 unspecified atom stereocenters. The van der Waals surface area contributed by atoms with Crippen molar-refractivity contribution in [1.29, 1.82) is 0 Å². The molecule has 1 nitrogen and oxygen atoms in total. The molecule has 0 spiro atoms. The average Bonchev–Trinajstić information content (AvgIpc) is 2.03. The van der Waals surface area contributed by atoms with Gasteiger partial charge in [0.15, 0.2) is 0 Å². The molecule has 0 rings (SSSR count). The van der Waals surface area contributed by atoms with Gasteiger partial charge in [0.05, 0.1) is 0 Å². The molecule has 0 fully saturated rings. The molecule has 1 N–H and O–H groups in total. The molecule has 0 aliphatic carbocycles. The first-order valence-electron chi connectivity index (χ1n) is 4.87. The van der Waals surface area contributed by atoms with Gasteiger partial charge >= 0.3 is 0 Å². The Balaban J connectivity index is 3.40. The molecule has 0 atom stereocenters. The second-order valence-electron chi connectivity index (χ2n) is 3.60. The third kappa shape index (κ3) is 8.93. The third-order valence-electron chi connectivity index (χ3n) is 1.75. The molecule has 0 heterocycles. The van der Waals surface area contributed by atoms with E-state index in [1.54, 1.807) is 6.20 Å². The van der Waals surface area contributed by atoms with Gasteiger partial charge in [-0.1, -0.05) is 39.2 Å². The maximum Gasteiger partial charge on any atom is 0.0111 e. The van der Waals surface area contributed by atoms with E-state index in [2.05, 4.69) is 44.5 Å². The molecule has 13 heavy (non-hydrogen) atoms. The van der Waals surface area contributed by atoms with E-state index in [0.29, 0.717) is 0 Å². The van der Waals surface area contributed by atoms with Crippen LogP contribution in [0.5, 0.6) is 0 Å². The van der Waals surface area contributed by atoms with E-state index in [-0.39, 0.29) is 0 Å². The zero-order valence-electron chi connectivity index (χ0n) is 8.84. The lowest BCUT2D eigenvalue weighted by Crippen LogP contribution is -2.00. The Bertz CT molecular complexity index is 178. The van der Waals surface area contributed by atoms with Crippen LogP contribution in [0.1, 0.15) is 33.1 Å². The fraction of sp³-hybridized carbons (Fsp3) is 0.500. The first kappa shape index (κ1) is 12.0. The summed E-state index contributed by atoms with van der Waals surface area (Å²) in [6.45, 7) is 11.9. The standard InChI is InChI=1S/C12H21N/c1-5-13-12(4)10-8-6-7-9-11(2)3/h5-6,8,11,13H,1,4,7,9-10H2,2-3H3/b8-6-. The first-order valence-corrected chi connectivity index (χ1v) is 4.87. The molecule has 0 saturated carbocycles. The molecule has 0 aromatic rings. The first-order chi connectivity index (χ1) is 6.16. The summed E-state index contributed by atoms with van der Waals surface area (Å²) in [7, 11) is 0. The fourth-order valence-electron chi connectivity index (χ4n) is 0.976. The smallest absolute Gasteiger partial charge is 0.0111 e. The quantitative estimate of drug-likeness (QED) is 0.589. The number of hydrogen-bond acceptors (Lipinski definition) is 1. The van der Waals surface area contributed by atoms with Crippen LogP contribution in [0.25, 0.3) is 0 Å². The Morgan fingerprint density at radius 1 is 1.38 bits per heavy atom. The SMILES string of the molecule is C=CNC(=C)C/C=C\CCC(C)C. The van der Waals surface area contributed by atoms with Crippen molar-refractivity contribution in [3.8, 4) is 0 Å². The van der Waals surface area contributed by atoms with Gasteiger partial charge in [-0.25, -0.2) is 0 Å². The van der Waals surface area contributed by atoms with Crippen molar-refractivity contribution >= 4 is 0 Å². The molecule has 0 bridgehead atoms. The summed E-state index contributed by atoms with van der Waals surface area (Å²) >= 11 is 0. The molecule has 0 aliphatic heterocycles. The lowest BCUT2D eigenvalue weighted by Gasteiger charge is -2.01.